The molecule has 1 unspecified atom stereocenters. The Labute approximate surface area is 368 Å². The highest BCUT2D eigenvalue weighted by atomic mass is 15.1. The minimum atomic E-state index is 0.425. The van der Waals surface area contributed by atoms with Crippen LogP contribution in [0, 0.1) is 0 Å². The Morgan fingerprint density at radius 3 is 1.81 bits per heavy atom. The maximum atomic E-state index is 2.50. The molecular weight excluding hydrogens is 761 g/mol. The third-order valence-corrected chi connectivity index (χ3v) is 13.2. The zero-order valence-electron chi connectivity index (χ0n) is 35.1. The molecule has 0 bridgehead atoms. The predicted molar refractivity (Wildman–Crippen MR) is 269 cm³/mol. The van der Waals surface area contributed by atoms with Gasteiger partial charge in [-0.05, 0) is 127 Å². The van der Waals surface area contributed by atoms with Crippen LogP contribution in [0.4, 0.5) is 17.1 Å². The van der Waals surface area contributed by atoms with Crippen molar-refractivity contribution in [2.75, 3.05) is 4.90 Å². The smallest absolute Gasteiger partial charge is 0.0544 e. The van der Waals surface area contributed by atoms with Gasteiger partial charge in [0.15, 0.2) is 0 Å². The van der Waals surface area contributed by atoms with E-state index < -0.39 is 0 Å². The van der Waals surface area contributed by atoms with Gasteiger partial charge in [0.2, 0.25) is 0 Å². The number of para-hydroxylation sites is 1. The molecule has 0 fully saturated rings. The van der Waals surface area contributed by atoms with Gasteiger partial charge in [-0.3, -0.25) is 0 Å². The van der Waals surface area contributed by atoms with Crippen molar-refractivity contribution in [2.24, 2.45) is 0 Å². The Bertz CT molecular complexity index is 3550. The summed E-state index contributed by atoms with van der Waals surface area (Å²) in [6.45, 7) is 2.35. The Balaban J connectivity index is 1.00. The van der Waals surface area contributed by atoms with Gasteiger partial charge in [0, 0.05) is 45.3 Å². The van der Waals surface area contributed by atoms with Gasteiger partial charge < -0.3 is 9.47 Å². The number of fused-ring (bicyclic) bond motifs is 7. The lowest BCUT2D eigenvalue weighted by molar-refractivity contribution is 0.723. The third kappa shape index (κ3) is 6.34. The molecule has 10 aromatic carbocycles. The van der Waals surface area contributed by atoms with E-state index in [0.29, 0.717) is 5.92 Å². The van der Waals surface area contributed by atoms with E-state index in [-0.39, 0.29) is 0 Å². The number of aromatic nitrogens is 1. The Morgan fingerprint density at radius 1 is 0.413 bits per heavy atom. The zero-order chi connectivity index (χ0) is 41.9. The Hall–Kier alpha value is -7.94. The number of rotatable bonds is 7. The molecule has 1 atom stereocenters. The zero-order valence-corrected chi connectivity index (χ0v) is 35.1. The second kappa shape index (κ2) is 15.2. The summed E-state index contributed by atoms with van der Waals surface area (Å²) in [6.07, 6.45) is 5.71. The second-order valence-corrected chi connectivity index (χ2v) is 16.9. The fraction of sp³-hybridized carbons (Fsp3) is 0.0492. The maximum Gasteiger partial charge on any atom is 0.0544 e. The molecule has 1 aromatic heterocycles. The van der Waals surface area contributed by atoms with Crippen molar-refractivity contribution in [3.8, 4) is 39.1 Å². The van der Waals surface area contributed by atoms with Crippen LogP contribution in [0.2, 0.25) is 0 Å². The van der Waals surface area contributed by atoms with E-state index in [1.165, 1.54) is 93.5 Å². The topological polar surface area (TPSA) is 8.17 Å². The van der Waals surface area contributed by atoms with Crippen LogP contribution in [0.25, 0.3) is 88.4 Å². The molecule has 2 nitrogen and oxygen atoms in total. The second-order valence-electron chi connectivity index (χ2n) is 16.9. The van der Waals surface area contributed by atoms with Crippen molar-refractivity contribution in [2.45, 2.75) is 19.3 Å². The molecule has 0 saturated heterocycles. The SMILES string of the molecule is CC1CC=Cc2c1n(-c1ccccc1)c1cc(-c3cccc(N(c4ccc(-c5cccc6c5ccc5ccccc56)cc4)c4cccc(-c5cccc6ccccc56)c4)c3)ccc21. The van der Waals surface area contributed by atoms with Gasteiger partial charge >= 0.3 is 0 Å². The monoisotopic (exact) mass is 804 g/mol. The van der Waals surface area contributed by atoms with Gasteiger partial charge in [0.1, 0.15) is 0 Å². The minimum absolute atomic E-state index is 0.425. The lowest BCUT2D eigenvalue weighted by Crippen LogP contribution is -2.10. The number of hydrogen-bond donors (Lipinski definition) is 0. The van der Waals surface area contributed by atoms with E-state index in [1.54, 1.807) is 0 Å². The quantitative estimate of drug-likeness (QED) is 0.146. The van der Waals surface area contributed by atoms with E-state index in [0.717, 1.165) is 23.5 Å². The first-order valence-electron chi connectivity index (χ1n) is 22.1. The molecule has 0 aliphatic heterocycles. The van der Waals surface area contributed by atoms with Crippen LogP contribution in [0.15, 0.2) is 224 Å². The van der Waals surface area contributed by atoms with Crippen molar-refractivity contribution in [1.29, 1.82) is 0 Å². The van der Waals surface area contributed by atoms with Crippen LogP contribution in [-0.4, -0.2) is 4.57 Å². The molecule has 2 heteroatoms. The van der Waals surface area contributed by atoms with Gasteiger partial charge in [0.05, 0.1) is 5.52 Å². The first-order chi connectivity index (χ1) is 31.2. The molecule has 0 radical (unpaired) electrons. The van der Waals surface area contributed by atoms with Crippen LogP contribution in [-0.2, 0) is 0 Å². The van der Waals surface area contributed by atoms with Crippen LogP contribution in [0.5, 0.6) is 0 Å². The molecule has 0 amide bonds. The summed E-state index contributed by atoms with van der Waals surface area (Å²) in [5, 5.41) is 8.87. The van der Waals surface area contributed by atoms with E-state index >= 15 is 0 Å². The van der Waals surface area contributed by atoms with Crippen LogP contribution in [0.3, 0.4) is 0 Å². The lowest BCUT2D eigenvalue weighted by atomic mass is 9.93. The van der Waals surface area contributed by atoms with Crippen molar-refractivity contribution >= 4 is 66.4 Å². The van der Waals surface area contributed by atoms with Crippen molar-refractivity contribution < 1.29 is 0 Å². The first-order valence-corrected chi connectivity index (χ1v) is 22.1. The predicted octanol–water partition coefficient (Wildman–Crippen LogP) is 17.1. The summed E-state index contributed by atoms with van der Waals surface area (Å²) in [7, 11) is 0. The molecule has 12 rings (SSSR count). The largest absolute Gasteiger partial charge is 0.313 e. The molecule has 1 aliphatic rings. The Kier molecular flexibility index (Phi) is 8.90. The molecule has 0 saturated carbocycles. The number of allylic oxidation sites excluding steroid dienone is 1. The molecule has 1 heterocycles. The standard InChI is InChI=1S/C61H44N2/c1-41-14-9-29-59-58-37-33-46(40-60(58)63(61(41)59)48-20-3-2-4-21-48)45-18-10-22-50(38-45)62(51-23-11-19-47(39-51)55-26-12-17-42-15-5-7-24-52(42)55)49-34-30-44(31-35-49)54-27-13-28-56-53-25-8-6-16-43(53)32-36-57(54)56/h2-13,15-41H,14H2,1H3. The average molecular weight is 805 g/mol. The van der Waals surface area contributed by atoms with Crippen molar-refractivity contribution in [3.63, 3.8) is 0 Å². The molecule has 63 heavy (non-hydrogen) atoms. The molecule has 11 aromatic rings. The summed E-state index contributed by atoms with van der Waals surface area (Å²) in [4.78, 5) is 2.41. The molecule has 1 aliphatic carbocycles. The fourth-order valence-electron chi connectivity index (χ4n) is 10.2. The van der Waals surface area contributed by atoms with Crippen molar-refractivity contribution in [3.05, 3.63) is 236 Å². The number of nitrogens with zero attached hydrogens (tertiary/aromatic N) is 2. The summed E-state index contributed by atoms with van der Waals surface area (Å²) in [6, 6.07) is 80.2. The van der Waals surface area contributed by atoms with E-state index in [9.17, 15) is 0 Å². The highest BCUT2D eigenvalue weighted by Gasteiger charge is 2.24. The van der Waals surface area contributed by atoms with Crippen LogP contribution in [0.1, 0.15) is 30.5 Å². The average Bonchev–Trinajstić information content (AvgIpc) is 3.69. The van der Waals surface area contributed by atoms with Gasteiger partial charge in [-0.1, -0.05) is 183 Å². The molecular formula is C61H44N2. The number of anilines is 3. The third-order valence-electron chi connectivity index (χ3n) is 13.2. The van der Waals surface area contributed by atoms with E-state index in [1.807, 2.05) is 0 Å². The first kappa shape index (κ1) is 36.9. The molecule has 0 N–H and O–H groups in total. The number of benzene rings is 10. The summed E-state index contributed by atoms with van der Waals surface area (Å²) < 4.78 is 2.50. The van der Waals surface area contributed by atoms with E-state index in [2.05, 4.69) is 247 Å². The van der Waals surface area contributed by atoms with Gasteiger partial charge in [-0.25, -0.2) is 0 Å². The van der Waals surface area contributed by atoms with Gasteiger partial charge in [-0.15, -0.1) is 0 Å². The number of hydrogen-bond acceptors (Lipinski definition) is 1. The normalized spacial score (nSPS) is 13.5. The van der Waals surface area contributed by atoms with Gasteiger partial charge in [0.25, 0.3) is 0 Å². The maximum absolute atomic E-state index is 2.50. The van der Waals surface area contributed by atoms with E-state index in [4.69, 9.17) is 0 Å². The van der Waals surface area contributed by atoms with Gasteiger partial charge in [-0.2, -0.15) is 0 Å². The van der Waals surface area contributed by atoms with Crippen LogP contribution >= 0.6 is 0 Å². The summed E-state index contributed by atoms with van der Waals surface area (Å²) >= 11 is 0. The summed E-state index contributed by atoms with van der Waals surface area (Å²) in [5.74, 6) is 0.425. The lowest BCUT2D eigenvalue weighted by Gasteiger charge is -2.27. The molecule has 298 valence electrons. The molecule has 0 spiro atoms. The summed E-state index contributed by atoms with van der Waals surface area (Å²) in [5.41, 5.74) is 15.7. The van der Waals surface area contributed by atoms with Crippen molar-refractivity contribution in [1.82, 2.24) is 4.57 Å². The highest BCUT2D eigenvalue weighted by Crippen LogP contribution is 2.43. The Morgan fingerprint density at radius 2 is 1.00 bits per heavy atom. The van der Waals surface area contributed by atoms with Crippen LogP contribution < -0.4 is 4.90 Å². The fourth-order valence-corrected chi connectivity index (χ4v) is 10.2. The highest BCUT2D eigenvalue weighted by molar-refractivity contribution is 6.12. The minimum Gasteiger partial charge on any atom is -0.313 e.